The molecule has 1 aliphatic rings. The Bertz CT molecular complexity index is 339. The van der Waals surface area contributed by atoms with Crippen molar-refractivity contribution in [3.05, 3.63) is 12.2 Å². The summed E-state index contributed by atoms with van der Waals surface area (Å²) in [7, 11) is 0. The first-order valence-corrected chi connectivity index (χ1v) is 5.15. The van der Waals surface area contributed by atoms with E-state index in [1.807, 2.05) is 5.32 Å². The highest BCUT2D eigenvalue weighted by atomic mass is 16.4. The van der Waals surface area contributed by atoms with Gasteiger partial charge in [0.2, 0.25) is 0 Å². The topological polar surface area (TPSA) is 164 Å². The van der Waals surface area contributed by atoms with Crippen LogP contribution < -0.4 is 5.32 Å². The fourth-order valence-corrected chi connectivity index (χ4v) is 0.974. The first-order chi connectivity index (χ1) is 8.83. The van der Waals surface area contributed by atoms with Crippen LogP contribution in [0.1, 0.15) is 0 Å². The maximum atomic E-state index is 10.0. The number of amides is 2. The minimum atomic E-state index is -1.79. The predicted octanol–water partition coefficient (Wildman–Crippen LogP) is -4.18. The number of aliphatic hydroxyl groups excluding tert-OH is 5. The van der Waals surface area contributed by atoms with Crippen molar-refractivity contribution < 1.29 is 39.9 Å². The Hall–Kier alpha value is -1.65. The van der Waals surface area contributed by atoms with Gasteiger partial charge in [-0.1, -0.05) is 0 Å². The molecule has 108 valence electrons. The van der Waals surface area contributed by atoms with Gasteiger partial charge < -0.3 is 30.3 Å². The van der Waals surface area contributed by atoms with E-state index in [4.69, 9.17) is 25.5 Å². The molecular weight excluding hydrogens is 262 g/mol. The SMILES string of the molecule is O=C1C=CC(=O)N1.O=C[C@H](O)[C@@H](O)[C@H](O)[C@H](O)CO. The van der Waals surface area contributed by atoms with Gasteiger partial charge in [-0.05, 0) is 0 Å². The molecule has 1 aliphatic heterocycles. The number of hydrogen-bond donors (Lipinski definition) is 6. The number of nitrogens with one attached hydrogen (secondary N) is 1. The maximum absolute atomic E-state index is 10.0. The van der Waals surface area contributed by atoms with Crippen molar-refractivity contribution in [1.82, 2.24) is 5.32 Å². The van der Waals surface area contributed by atoms with Gasteiger partial charge in [0.1, 0.15) is 24.4 Å². The molecule has 6 N–H and O–H groups in total. The van der Waals surface area contributed by atoms with Gasteiger partial charge in [0.25, 0.3) is 11.8 Å². The Kier molecular flexibility index (Phi) is 7.72. The molecular formula is C10H15NO8. The lowest BCUT2D eigenvalue weighted by atomic mass is 10.0. The summed E-state index contributed by atoms with van der Waals surface area (Å²) in [6, 6.07) is 0. The Morgan fingerprint density at radius 3 is 1.79 bits per heavy atom. The van der Waals surface area contributed by atoms with Crippen LogP contribution in [0.2, 0.25) is 0 Å². The Morgan fingerprint density at radius 1 is 1.05 bits per heavy atom. The second-order valence-corrected chi connectivity index (χ2v) is 3.54. The van der Waals surface area contributed by atoms with Crippen molar-refractivity contribution in [3.63, 3.8) is 0 Å². The fourth-order valence-electron chi connectivity index (χ4n) is 0.974. The monoisotopic (exact) mass is 277 g/mol. The summed E-state index contributed by atoms with van der Waals surface area (Å²) in [5, 5.41) is 45.6. The Morgan fingerprint density at radius 2 is 1.53 bits per heavy atom. The van der Waals surface area contributed by atoms with Crippen LogP contribution in [-0.2, 0) is 14.4 Å². The molecule has 0 radical (unpaired) electrons. The molecule has 0 aromatic carbocycles. The summed E-state index contributed by atoms with van der Waals surface area (Å²) < 4.78 is 0. The highest BCUT2D eigenvalue weighted by Gasteiger charge is 2.29. The summed E-state index contributed by atoms with van der Waals surface area (Å²) in [6.45, 7) is -0.760. The largest absolute Gasteiger partial charge is 0.394 e. The van der Waals surface area contributed by atoms with Gasteiger partial charge in [0.15, 0.2) is 6.29 Å². The average Bonchev–Trinajstić information content (AvgIpc) is 2.79. The lowest BCUT2D eigenvalue weighted by Crippen LogP contribution is -2.46. The van der Waals surface area contributed by atoms with E-state index >= 15 is 0 Å². The summed E-state index contributed by atoms with van der Waals surface area (Å²) in [5.74, 6) is -0.657. The van der Waals surface area contributed by atoms with E-state index in [2.05, 4.69) is 0 Å². The number of rotatable bonds is 5. The third kappa shape index (κ3) is 6.18. The first-order valence-electron chi connectivity index (χ1n) is 5.15. The van der Waals surface area contributed by atoms with Gasteiger partial charge in [-0.2, -0.15) is 0 Å². The van der Waals surface area contributed by atoms with Crippen molar-refractivity contribution >= 4 is 18.1 Å². The van der Waals surface area contributed by atoms with Crippen LogP contribution in [0.15, 0.2) is 12.2 Å². The summed E-state index contributed by atoms with van der Waals surface area (Å²) in [5.41, 5.74) is 0. The Labute approximate surface area is 107 Å². The van der Waals surface area contributed by atoms with Gasteiger partial charge in [0.05, 0.1) is 6.61 Å². The normalized spacial score (nSPS) is 19.8. The van der Waals surface area contributed by atoms with Gasteiger partial charge in [-0.15, -0.1) is 0 Å². The molecule has 0 saturated heterocycles. The molecule has 0 aliphatic carbocycles. The van der Waals surface area contributed by atoms with E-state index in [9.17, 15) is 14.4 Å². The van der Waals surface area contributed by atoms with E-state index in [1.54, 1.807) is 0 Å². The molecule has 0 saturated carbocycles. The molecule has 0 bridgehead atoms. The quantitative estimate of drug-likeness (QED) is 0.217. The van der Waals surface area contributed by atoms with Crippen LogP contribution in [-0.4, -0.2) is 74.7 Å². The molecule has 4 atom stereocenters. The molecule has 2 amide bonds. The van der Waals surface area contributed by atoms with Gasteiger partial charge in [-0.3, -0.25) is 14.9 Å². The van der Waals surface area contributed by atoms with Gasteiger partial charge >= 0.3 is 0 Å². The summed E-state index contributed by atoms with van der Waals surface area (Å²) in [6.07, 6.45) is -4.45. The molecule has 0 aromatic heterocycles. The van der Waals surface area contributed by atoms with Crippen molar-refractivity contribution in [3.8, 4) is 0 Å². The first kappa shape index (κ1) is 17.4. The molecule has 1 rings (SSSR count). The van der Waals surface area contributed by atoms with Crippen molar-refractivity contribution in [1.29, 1.82) is 0 Å². The molecule has 0 unspecified atom stereocenters. The van der Waals surface area contributed by atoms with Crippen LogP contribution in [0.5, 0.6) is 0 Å². The smallest absolute Gasteiger partial charge is 0.250 e. The number of imide groups is 1. The van der Waals surface area contributed by atoms with E-state index < -0.39 is 31.0 Å². The number of carbonyl (C=O) groups excluding carboxylic acids is 3. The maximum Gasteiger partial charge on any atom is 0.250 e. The number of aldehydes is 1. The van der Waals surface area contributed by atoms with Crippen molar-refractivity contribution in [2.45, 2.75) is 24.4 Å². The van der Waals surface area contributed by atoms with E-state index in [-0.39, 0.29) is 18.1 Å². The van der Waals surface area contributed by atoms with Gasteiger partial charge in [0, 0.05) is 12.2 Å². The molecule has 1 heterocycles. The van der Waals surface area contributed by atoms with Crippen molar-refractivity contribution in [2.75, 3.05) is 6.61 Å². The van der Waals surface area contributed by atoms with E-state index in [0.717, 1.165) is 0 Å². The Balaban J connectivity index is 0.000000388. The third-order valence-electron chi connectivity index (χ3n) is 2.05. The van der Waals surface area contributed by atoms with Crippen molar-refractivity contribution in [2.24, 2.45) is 0 Å². The number of carbonyl (C=O) groups is 3. The molecule has 0 spiro atoms. The number of aliphatic hydroxyl groups is 5. The second-order valence-electron chi connectivity index (χ2n) is 3.54. The van der Waals surface area contributed by atoms with Crippen LogP contribution in [0.25, 0.3) is 0 Å². The molecule has 9 nitrogen and oxygen atoms in total. The predicted molar refractivity (Wildman–Crippen MR) is 59.5 cm³/mol. The minimum Gasteiger partial charge on any atom is -0.394 e. The summed E-state index contributed by atoms with van der Waals surface area (Å²) >= 11 is 0. The average molecular weight is 277 g/mol. The minimum absolute atomic E-state index is 0.0258. The zero-order valence-corrected chi connectivity index (χ0v) is 9.71. The van der Waals surface area contributed by atoms with Crippen LogP contribution in [0, 0.1) is 0 Å². The van der Waals surface area contributed by atoms with E-state index in [1.165, 1.54) is 12.2 Å². The van der Waals surface area contributed by atoms with Crippen LogP contribution >= 0.6 is 0 Å². The highest BCUT2D eigenvalue weighted by molar-refractivity contribution is 6.12. The standard InChI is InChI=1S/C6H12O6.C4H3NO2/c7-1-3(9)5(11)6(12)4(10)2-8;6-3-1-2-4(7)5-3/h1,3-6,8-12H,2H2;1-2H,(H,5,6,7)/t3-,4+,5+,6+;/m0./s1. The lowest BCUT2D eigenvalue weighted by molar-refractivity contribution is -0.136. The third-order valence-corrected chi connectivity index (χ3v) is 2.05. The van der Waals surface area contributed by atoms with Gasteiger partial charge in [-0.25, -0.2) is 0 Å². The lowest BCUT2D eigenvalue weighted by Gasteiger charge is -2.22. The molecule has 0 aromatic rings. The zero-order chi connectivity index (χ0) is 15.0. The zero-order valence-electron chi connectivity index (χ0n) is 9.71. The molecule has 0 fully saturated rings. The summed E-state index contributed by atoms with van der Waals surface area (Å²) in [4.78, 5) is 30.0. The number of hydrogen-bond acceptors (Lipinski definition) is 8. The fraction of sp³-hybridized carbons (Fsp3) is 0.500. The van der Waals surface area contributed by atoms with E-state index in [0.29, 0.717) is 0 Å². The van der Waals surface area contributed by atoms with Crippen LogP contribution in [0.4, 0.5) is 0 Å². The van der Waals surface area contributed by atoms with Crippen LogP contribution in [0.3, 0.4) is 0 Å². The molecule has 9 heteroatoms. The molecule has 19 heavy (non-hydrogen) atoms. The second kappa shape index (κ2) is 8.45. The highest BCUT2D eigenvalue weighted by Crippen LogP contribution is 2.02.